The molecule has 0 saturated carbocycles. The standard InChI is InChI=1S/C18H16BrN3O6/c1-11-5-4-6-12(17(11)22(26)27)18(25)28-10-16(24)20-9-15(23)21-14-8-3-2-7-13(14)19/h2-8H,9-10H2,1H3,(H,20,24)(H,21,23). The summed E-state index contributed by atoms with van der Waals surface area (Å²) in [4.78, 5) is 46.1. The number of carbonyl (C=O) groups is 3. The normalized spacial score (nSPS) is 10.1. The summed E-state index contributed by atoms with van der Waals surface area (Å²) in [5.41, 5.74) is 0.220. The van der Waals surface area contributed by atoms with Crippen molar-refractivity contribution in [2.75, 3.05) is 18.5 Å². The Hall–Kier alpha value is -3.27. The van der Waals surface area contributed by atoms with Gasteiger partial charge in [0.25, 0.3) is 11.6 Å². The highest BCUT2D eigenvalue weighted by molar-refractivity contribution is 9.10. The molecule has 0 fully saturated rings. The first-order chi connectivity index (χ1) is 13.3. The van der Waals surface area contributed by atoms with E-state index in [1.54, 1.807) is 24.3 Å². The summed E-state index contributed by atoms with van der Waals surface area (Å²) in [5.74, 6) is -2.19. The van der Waals surface area contributed by atoms with E-state index in [4.69, 9.17) is 4.74 Å². The number of rotatable bonds is 7. The second-order valence-corrected chi connectivity index (χ2v) is 6.46. The maximum absolute atomic E-state index is 12.1. The lowest BCUT2D eigenvalue weighted by Crippen LogP contribution is -2.35. The molecule has 0 bridgehead atoms. The highest BCUT2D eigenvalue weighted by Gasteiger charge is 2.24. The molecule has 2 rings (SSSR count). The fraction of sp³-hybridized carbons (Fsp3) is 0.167. The Kier molecular flexibility index (Phi) is 7.21. The Morgan fingerprint density at radius 3 is 2.50 bits per heavy atom. The SMILES string of the molecule is Cc1cccc(C(=O)OCC(=O)NCC(=O)Nc2ccccc2Br)c1[N+](=O)[O-]. The minimum absolute atomic E-state index is 0.246. The zero-order chi connectivity index (χ0) is 20.7. The van der Waals surface area contributed by atoms with E-state index in [0.717, 1.165) is 0 Å². The highest BCUT2D eigenvalue weighted by Crippen LogP contribution is 2.23. The van der Waals surface area contributed by atoms with E-state index in [-0.39, 0.29) is 17.8 Å². The quantitative estimate of drug-likeness (QED) is 0.379. The molecule has 2 aromatic rings. The predicted octanol–water partition coefficient (Wildman–Crippen LogP) is 2.58. The van der Waals surface area contributed by atoms with Crippen molar-refractivity contribution >= 4 is 45.1 Å². The lowest BCUT2D eigenvalue weighted by Gasteiger charge is -2.09. The van der Waals surface area contributed by atoms with Crippen molar-refractivity contribution in [3.63, 3.8) is 0 Å². The van der Waals surface area contributed by atoms with Gasteiger partial charge in [-0.1, -0.05) is 24.3 Å². The number of benzene rings is 2. The van der Waals surface area contributed by atoms with E-state index < -0.39 is 29.3 Å². The molecule has 0 radical (unpaired) electrons. The Bertz CT molecular complexity index is 931. The zero-order valence-corrected chi connectivity index (χ0v) is 16.3. The van der Waals surface area contributed by atoms with Gasteiger partial charge in [-0.05, 0) is 41.1 Å². The van der Waals surface area contributed by atoms with Crippen molar-refractivity contribution in [2.45, 2.75) is 6.92 Å². The molecule has 0 heterocycles. The topological polar surface area (TPSA) is 128 Å². The van der Waals surface area contributed by atoms with E-state index in [2.05, 4.69) is 26.6 Å². The van der Waals surface area contributed by atoms with Crippen LogP contribution in [0.15, 0.2) is 46.9 Å². The number of aryl methyl sites for hydroxylation is 1. The fourth-order valence-corrected chi connectivity index (χ4v) is 2.65. The minimum Gasteiger partial charge on any atom is -0.452 e. The maximum Gasteiger partial charge on any atom is 0.345 e. The molecule has 0 spiro atoms. The van der Waals surface area contributed by atoms with Crippen LogP contribution in [0.3, 0.4) is 0 Å². The summed E-state index contributed by atoms with van der Waals surface area (Å²) in [6, 6.07) is 11.2. The minimum atomic E-state index is -0.997. The van der Waals surface area contributed by atoms with Gasteiger partial charge < -0.3 is 15.4 Å². The van der Waals surface area contributed by atoms with E-state index in [0.29, 0.717) is 15.7 Å². The summed E-state index contributed by atoms with van der Waals surface area (Å²) in [5, 5.41) is 16.0. The van der Waals surface area contributed by atoms with Gasteiger partial charge in [0.05, 0.1) is 17.2 Å². The molecular formula is C18H16BrN3O6. The summed E-state index contributed by atoms with van der Waals surface area (Å²) < 4.78 is 5.49. The highest BCUT2D eigenvalue weighted by atomic mass is 79.9. The number of nitro benzene ring substituents is 1. The monoisotopic (exact) mass is 449 g/mol. The first kappa shape index (κ1) is 21.0. The van der Waals surface area contributed by atoms with Gasteiger partial charge in [0.1, 0.15) is 5.56 Å². The van der Waals surface area contributed by atoms with Crippen LogP contribution in [0.5, 0.6) is 0 Å². The predicted molar refractivity (Wildman–Crippen MR) is 104 cm³/mol. The molecule has 146 valence electrons. The largest absolute Gasteiger partial charge is 0.452 e. The number of esters is 1. The van der Waals surface area contributed by atoms with Crippen LogP contribution >= 0.6 is 15.9 Å². The van der Waals surface area contributed by atoms with Crippen LogP contribution in [0.4, 0.5) is 11.4 Å². The number of hydrogen-bond acceptors (Lipinski definition) is 6. The third kappa shape index (κ3) is 5.61. The van der Waals surface area contributed by atoms with E-state index in [1.165, 1.54) is 25.1 Å². The number of nitrogens with one attached hydrogen (secondary N) is 2. The van der Waals surface area contributed by atoms with Gasteiger partial charge in [0.2, 0.25) is 5.91 Å². The third-order valence-corrected chi connectivity index (χ3v) is 4.26. The lowest BCUT2D eigenvalue weighted by atomic mass is 10.1. The molecular weight excluding hydrogens is 434 g/mol. The third-order valence-electron chi connectivity index (χ3n) is 3.57. The van der Waals surface area contributed by atoms with E-state index >= 15 is 0 Å². The van der Waals surface area contributed by atoms with Gasteiger partial charge >= 0.3 is 5.97 Å². The van der Waals surface area contributed by atoms with Crippen LogP contribution in [0.2, 0.25) is 0 Å². The van der Waals surface area contributed by atoms with Crippen LogP contribution in [0.25, 0.3) is 0 Å². The second-order valence-electron chi connectivity index (χ2n) is 5.61. The smallest absolute Gasteiger partial charge is 0.345 e. The Labute approximate surface area is 168 Å². The molecule has 0 saturated heterocycles. The van der Waals surface area contributed by atoms with E-state index in [1.807, 2.05) is 0 Å². The molecule has 2 aromatic carbocycles. The molecule has 10 heteroatoms. The summed E-state index contributed by atoms with van der Waals surface area (Å²) >= 11 is 3.28. The molecule has 0 unspecified atom stereocenters. The number of amides is 2. The fourth-order valence-electron chi connectivity index (χ4n) is 2.26. The number of carbonyl (C=O) groups excluding carboxylic acids is 3. The molecule has 0 aliphatic carbocycles. The number of para-hydroxylation sites is 2. The first-order valence-electron chi connectivity index (χ1n) is 8.01. The summed E-state index contributed by atoms with van der Waals surface area (Å²) in [6.45, 7) is 0.486. The number of nitro groups is 1. The molecule has 2 N–H and O–H groups in total. The van der Waals surface area contributed by atoms with Gasteiger partial charge in [-0.2, -0.15) is 0 Å². The first-order valence-corrected chi connectivity index (χ1v) is 8.81. The Morgan fingerprint density at radius 1 is 1.11 bits per heavy atom. The van der Waals surface area contributed by atoms with E-state index in [9.17, 15) is 24.5 Å². The van der Waals surface area contributed by atoms with Crippen LogP contribution < -0.4 is 10.6 Å². The van der Waals surface area contributed by atoms with Crippen molar-refractivity contribution in [2.24, 2.45) is 0 Å². The maximum atomic E-state index is 12.1. The average molecular weight is 450 g/mol. The molecule has 0 aliphatic rings. The van der Waals surface area contributed by atoms with Gasteiger partial charge in [0.15, 0.2) is 6.61 Å². The van der Waals surface area contributed by atoms with Crippen LogP contribution in [0.1, 0.15) is 15.9 Å². The number of ether oxygens (including phenoxy) is 1. The van der Waals surface area contributed by atoms with Crippen LogP contribution in [-0.2, 0) is 14.3 Å². The Morgan fingerprint density at radius 2 is 1.82 bits per heavy atom. The van der Waals surface area contributed by atoms with Gasteiger partial charge in [0, 0.05) is 10.0 Å². The molecule has 0 aromatic heterocycles. The number of halogens is 1. The Balaban J connectivity index is 1.85. The van der Waals surface area contributed by atoms with Crippen molar-refractivity contribution < 1.29 is 24.0 Å². The van der Waals surface area contributed by atoms with Crippen molar-refractivity contribution in [1.82, 2.24) is 5.32 Å². The average Bonchev–Trinajstić information content (AvgIpc) is 2.65. The number of nitrogens with zero attached hydrogens (tertiary/aromatic N) is 1. The molecule has 9 nitrogen and oxygen atoms in total. The number of anilines is 1. The molecule has 0 atom stereocenters. The van der Waals surface area contributed by atoms with Gasteiger partial charge in [-0.15, -0.1) is 0 Å². The van der Waals surface area contributed by atoms with Gasteiger partial charge in [-0.3, -0.25) is 19.7 Å². The second kappa shape index (κ2) is 9.60. The molecule has 2 amide bonds. The van der Waals surface area contributed by atoms with Crippen LogP contribution in [0, 0.1) is 17.0 Å². The van der Waals surface area contributed by atoms with Crippen molar-refractivity contribution in [1.29, 1.82) is 0 Å². The molecule has 0 aliphatic heterocycles. The lowest BCUT2D eigenvalue weighted by molar-refractivity contribution is -0.385. The van der Waals surface area contributed by atoms with Crippen molar-refractivity contribution in [3.8, 4) is 0 Å². The van der Waals surface area contributed by atoms with Crippen LogP contribution in [-0.4, -0.2) is 35.9 Å². The zero-order valence-electron chi connectivity index (χ0n) is 14.7. The van der Waals surface area contributed by atoms with Gasteiger partial charge in [-0.25, -0.2) is 4.79 Å². The number of hydrogen-bond donors (Lipinski definition) is 2. The summed E-state index contributed by atoms with van der Waals surface area (Å²) in [7, 11) is 0. The van der Waals surface area contributed by atoms with Crippen molar-refractivity contribution in [3.05, 3.63) is 68.2 Å². The molecule has 28 heavy (non-hydrogen) atoms. The summed E-state index contributed by atoms with van der Waals surface area (Å²) in [6.07, 6.45) is 0.